The Morgan fingerprint density at radius 1 is 1.29 bits per heavy atom. The minimum atomic E-state index is -0.522. The van der Waals surface area contributed by atoms with Crippen molar-refractivity contribution in [1.29, 1.82) is 0 Å². The predicted molar refractivity (Wildman–Crippen MR) is 55.9 cm³/mol. The smallest absolute Gasteiger partial charge is 0.125 e. The maximum absolute atomic E-state index is 5.49. The Morgan fingerprint density at radius 3 is 2.50 bits per heavy atom. The first-order valence-electron chi connectivity index (χ1n) is 4.72. The quantitative estimate of drug-likeness (QED) is 0.749. The Balaban J connectivity index is 3.06. The lowest BCUT2D eigenvalue weighted by Crippen LogP contribution is -2.26. The molecule has 14 heavy (non-hydrogen) atoms. The molecule has 0 amide bonds. The second kappa shape index (κ2) is 4.44. The molecule has 2 N–H and O–H groups in total. The van der Waals surface area contributed by atoms with Gasteiger partial charge in [-0.05, 0) is 26.8 Å². The summed E-state index contributed by atoms with van der Waals surface area (Å²) in [5, 5.41) is 0. The highest BCUT2D eigenvalue weighted by atomic mass is 16.6. The summed E-state index contributed by atoms with van der Waals surface area (Å²) in [5.41, 5.74) is 0.440. The van der Waals surface area contributed by atoms with Crippen molar-refractivity contribution in [2.24, 2.45) is 5.90 Å². The topological polar surface area (TPSA) is 44.5 Å². The molecule has 0 aromatic heterocycles. The summed E-state index contributed by atoms with van der Waals surface area (Å²) in [6.07, 6.45) is 0. The molecule has 3 heteroatoms. The van der Waals surface area contributed by atoms with E-state index in [4.69, 9.17) is 15.5 Å². The van der Waals surface area contributed by atoms with Gasteiger partial charge in [0.1, 0.15) is 11.4 Å². The Hall–Kier alpha value is -1.06. The number of hydrogen-bond acceptors (Lipinski definition) is 3. The molecule has 0 aliphatic carbocycles. The average Bonchev–Trinajstić information content (AvgIpc) is 2.19. The van der Waals surface area contributed by atoms with Crippen molar-refractivity contribution >= 4 is 0 Å². The van der Waals surface area contributed by atoms with Gasteiger partial charge in [-0.2, -0.15) is 0 Å². The standard InChI is InChI=1S/C11H17NO2/c1-4-13-10-8-6-5-7-9(10)11(2,3)14-12/h5-8H,4,12H2,1-3H3. The molecular formula is C11H17NO2. The molecule has 1 rings (SSSR count). The van der Waals surface area contributed by atoms with Gasteiger partial charge >= 0.3 is 0 Å². The van der Waals surface area contributed by atoms with E-state index in [1.807, 2.05) is 45.0 Å². The van der Waals surface area contributed by atoms with Gasteiger partial charge in [0.15, 0.2) is 0 Å². The van der Waals surface area contributed by atoms with Crippen LogP contribution in [0.3, 0.4) is 0 Å². The maximum Gasteiger partial charge on any atom is 0.125 e. The fourth-order valence-corrected chi connectivity index (χ4v) is 1.31. The molecule has 0 aliphatic heterocycles. The molecule has 0 unspecified atom stereocenters. The molecule has 1 aromatic carbocycles. The number of rotatable bonds is 4. The normalized spacial score (nSPS) is 11.4. The number of para-hydroxylation sites is 1. The Bertz CT molecular complexity index is 297. The SMILES string of the molecule is CCOc1ccccc1C(C)(C)ON. The second-order valence-electron chi connectivity index (χ2n) is 3.56. The van der Waals surface area contributed by atoms with Crippen LogP contribution in [0.1, 0.15) is 26.3 Å². The first-order chi connectivity index (χ1) is 6.61. The zero-order valence-corrected chi connectivity index (χ0v) is 8.91. The van der Waals surface area contributed by atoms with E-state index in [1.54, 1.807) is 0 Å². The summed E-state index contributed by atoms with van der Waals surface area (Å²) in [6.45, 7) is 6.40. The Labute approximate surface area is 84.8 Å². The van der Waals surface area contributed by atoms with Crippen LogP contribution in [0.5, 0.6) is 5.75 Å². The van der Waals surface area contributed by atoms with Crippen LogP contribution in [0, 0.1) is 0 Å². The van der Waals surface area contributed by atoms with Crippen LogP contribution < -0.4 is 10.6 Å². The summed E-state index contributed by atoms with van der Waals surface area (Å²) in [5.74, 6) is 6.07. The van der Waals surface area contributed by atoms with Crippen molar-refractivity contribution in [2.45, 2.75) is 26.4 Å². The minimum Gasteiger partial charge on any atom is -0.493 e. The van der Waals surface area contributed by atoms with Crippen LogP contribution in [0.4, 0.5) is 0 Å². The third kappa shape index (κ3) is 2.25. The van der Waals surface area contributed by atoms with E-state index in [0.717, 1.165) is 11.3 Å². The van der Waals surface area contributed by atoms with Crippen molar-refractivity contribution in [2.75, 3.05) is 6.61 Å². The molecule has 0 bridgehead atoms. The number of nitrogens with two attached hydrogens (primary N) is 1. The monoisotopic (exact) mass is 195 g/mol. The maximum atomic E-state index is 5.49. The highest BCUT2D eigenvalue weighted by molar-refractivity contribution is 5.37. The number of ether oxygens (including phenoxy) is 1. The summed E-state index contributed by atoms with van der Waals surface area (Å²) in [4.78, 5) is 4.93. The van der Waals surface area contributed by atoms with Crippen molar-refractivity contribution < 1.29 is 9.57 Å². The predicted octanol–water partition coefficient (Wildman–Crippen LogP) is 2.21. The third-order valence-corrected chi connectivity index (χ3v) is 2.13. The van der Waals surface area contributed by atoms with Crippen molar-refractivity contribution in [3.63, 3.8) is 0 Å². The van der Waals surface area contributed by atoms with Gasteiger partial charge in [-0.3, -0.25) is 4.84 Å². The second-order valence-corrected chi connectivity index (χ2v) is 3.56. The van der Waals surface area contributed by atoms with Gasteiger partial charge < -0.3 is 4.74 Å². The zero-order valence-electron chi connectivity index (χ0n) is 8.91. The largest absolute Gasteiger partial charge is 0.493 e. The lowest BCUT2D eigenvalue weighted by atomic mass is 9.97. The van der Waals surface area contributed by atoms with Gasteiger partial charge in [-0.25, -0.2) is 5.90 Å². The molecule has 0 atom stereocenters. The van der Waals surface area contributed by atoms with E-state index in [-0.39, 0.29) is 0 Å². The summed E-state index contributed by atoms with van der Waals surface area (Å²) >= 11 is 0. The molecule has 0 fully saturated rings. The molecule has 1 aromatic rings. The van der Waals surface area contributed by atoms with Gasteiger partial charge in [0.05, 0.1) is 6.61 Å². The molecule has 0 aliphatic rings. The number of benzene rings is 1. The molecule has 0 saturated carbocycles. The van der Waals surface area contributed by atoms with E-state index < -0.39 is 5.60 Å². The Morgan fingerprint density at radius 2 is 1.93 bits per heavy atom. The van der Waals surface area contributed by atoms with Crippen LogP contribution >= 0.6 is 0 Å². The van der Waals surface area contributed by atoms with Gasteiger partial charge in [-0.1, -0.05) is 18.2 Å². The zero-order chi connectivity index (χ0) is 10.6. The van der Waals surface area contributed by atoms with Crippen LogP contribution in [-0.4, -0.2) is 6.61 Å². The van der Waals surface area contributed by atoms with E-state index in [9.17, 15) is 0 Å². The van der Waals surface area contributed by atoms with Gasteiger partial charge in [-0.15, -0.1) is 0 Å². The molecule has 78 valence electrons. The van der Waals surface area contributed by atoms with Crippen LogP contribution in [0.2, 0.25) is 0 Å². The van der Waals surface area contributed by atoms with Gasteiger partial charge in [0.25, 0.3) is 0 Å². The van der Waals surface area contributed by atoms with Crippen LogP contribution in [-0.2, 0) is 10.4 Å². The van der Waals surface area contributed by atoms with Crippen molar-refractivity contribution in [1.82, 2.24) is 0 Å². The van der Waals surface area contributed by atoms with Crippen LogP contribution in [0.15, 0.2) is 24.3 Å². The highest BCUT2D eigenvalue weighted by Crippen LogP contribution is 2.31. The van der Waals surface area contributed by atoms with Crippen molar-refractivity contribution in [3.05, 3.63) is 29.8 Å². The van der Waals surface area contributed by atoms with Crippen molar-refractivity contribution in [3.8, 4) is 5.75 Å². The third-order valence-electron chi connectivity index (χ3n) is 2.13. The molecule has 3 nitrogen and oxygen atoms in total. The summed E-state index contributed by atoms with van der Waals surface area (Å²) in [7, 11) is 0. The first kappa shape index (κ1) is 11.0. The Kier molecular flexibility index (Phi) is 3.49. The van der Waals surface area contributed by atoms with Gasteiger partial charge in [0, 0.05) is 5.56 Å². The molecule has 0 heterocycles. The minimum absolute atomic E-state index is 0.522. The molecule has 0 spiro atoms. The van der Waals surface area contributed by atoms with E-state index in [2.05, 4.69) is 0 Å². The fraction of sp³-hybridized carbons (Fsp3) is 0.455. The van der Waals surface area contributed by atoms with Gasteiger partial charge in [0.2, 0.25) is 0 Å². The summed E-state index contributed by atoms with van der Waals surface area (Å²) < 4.78 is 5.49. The average molecular weight is 195 g/mol. The van der Waals surface area contributed by atoms with Crippen LogP contribution in [0.25, 0.3) is 0 Å². The van der Waals surface area contributed by atoms with E-state index in [0.29, 0.717) is 6.61 Å². The molecule has 0 saturated heterocycles. The van der Waals surface area contributed by atoms with E-state index >= 15 is 0 Å². The lowest BCUT2D eigenvalue weighted by Gasteiger charge is -2.24. The van der Waals surface area contributed by atoms with E-state index in [1.165, 1.54) is 0 Å². The lowest BCUT2D eigenvalue weighted by molar-refractivity contribution is -0.0253. The molecular weight excluding hydrogens is 178 g/mol. The first-order valence-corrected chi connectivity index (χ1v) is 4.72. The summed E-state index contributed by atoms with van der Waals surface area (Å²) in [6, 6.07) is 7.75. The number of hydrogen-bond donors (Lipinski definition) is 1. The highest BCUT2D eigenvalue weighted by Gasteiger charge is 2.24. The fourth-order valence-electron chi connectivity index (χ4n) is 1.31. The molecule has 0 radical (unpaired) electrons.